The first-order valence-corrected chi connectivity index (χ1v) is 8.45. The Balaban J connectivity index is 1.56. The van der Waals surface area contributed by atoms with Gasteiger partial charge in [0.15, 0.2) is 0 Å². The number of fused-ring (bicyclic) bond motifs is 2. The van der Waals surface area contributed by atoms with Gasteiger partial charge in [0, 0.05) is 35.6 Å². The van der Waals surface area contributed by atoms with E-state index in [9.17, 15) is 0 Å². The normalized spacial score (nSPS) is 11.6. The number of nitrogens with one attached hydrogen (secondary N) is 1. The van der Waals surface area contributed by atoms with Crippen LogP contribution in [-0.4, -0.2) is 21.4 Å². The van der Waals surface area contributed by atoms with Crippen LogP contribution in [0.15, 0.2) is 66.9 Å². The summed E-state index contributed by atoms with van der Waals surface area (Å²) in [5, 5.41) is 2.50. The summed E-state index contributed by atoms with van der Waals surface area (Å²) in [7, 11) is 0. The fourth-order valence-electron chi connectivity index (χ4n) is 3.21. The molecule has 2 aromatic heterocycles. The second kappa shape index (κ2) is 6.46. The molecule has 3 nitrogen and oxygen atoms in total. The monoisotopic (exact) mass is 315 g/mol. The number of aromatic amines is 1. The summed E-state index contributed by atoms with van der Waals surface area (Å²) < 4.78 is 0. The summed E-state index contributed by atoms with van der Waals surface area (Å²) in [5.41, 5.74) is 4.73. The van der Waals surface area contributed by atoms with E-state index in [1.807, 2.05) is 6.07 Å². The van der Waals surface area contributed by atoms with Gasteiger partial charge in [0.1, 0.15) is 0 Å². The summed E-state index contributed by atoms with van der Waals surface area (Å²) in [6, 6.07) is 21.1. The average molecular weight is 315 g/mol. The summed E-state index contributed by atoms with van der Waals surface area (Å²) in [6.07, 6.45) is 2.13. The lowest BCUT2D eigenvalue weighted by Crippen LogP contribution is -2.22. The van der Waals surface area contributed by atoms with Gasteiger partial charge in [-0.2, -0.15) is 0 Å². The standard InChI is InChI=1S/C21H21N3/c1-2-24(14-17-13-22-21-10-6-4-8-19(17)21)15-18-12-11-16-7-3-5-9-20(16)23-18/h3-13,22H,2,14-15H2,1H3. The molecule has 0 amide bonds. The molecule has 0 unspecified atom stereocenters. The molecule has 0 aliphatic rings. The van der Waals surface area contributed by atoms with Crippen molar-refractivity contribution in [2.24, 2.45) is 0 Å². The van der Waals surface area contributed by atoms with Gasteiger partial charge in [-0.25, -0.2) is 0 Å². The lowest BCUT2D eigenvalue weighted by atomic mass is 10.1. The van der Waals surface area contributed by atoms with Crippen molar-refractivity contribution in [3.63, 3.8) is 0 Å². The van der Waals surface area contributed by atoms with Crippen LogP contribution >= 0.6 is 0 Å². The van der Waals surface area contributed by atoms with Gasteiger partial charge in [0.05, 0.1) is 11.2 Å². The van der Waals surface area contributed by atoms with E-state index >= 15 is 0 Å². The van der Waals surface area contributed by atoms with Crippen molar-refractivity contribution >= 4 is 21.8 Å². The Bertz CT molecular complexity index is 971. The van der Waals surface area contributed by atoms with Crippen LogP contribution in [0.5, 0.6) is 0 Å². The van der Waals surface area contributed by atoms with Gasteiger partial charge >= 0.3 is 0 Å². The Morgan fingerprint density at radius 3 is 2.67 bits per heavy atom. The fraction of sp³-hybridized carbons (Fsp3) is 0.190. The summed E-state index contributed by atoms with van der Waals surface area (Å²) >= 11 is 0. The molecule has 24 heavy (non-hydrogen) atoms. The van der Waals surface area contributed by atoms with Crippen molar-refractivity contribution in [1.82, 2.24) is 14.9 Å². The van der Waals surface area contributed by atoms with Crippen molar-refractivity contribution in [3.8, 4) is 0 Å². The molecule has 120 valence electrons. The first-order chi connectivity index (χ1) is 11.8. The SMILES string of the molecule is CCN(Cc1ccc2ccccc2n1)Cc1c[nH]c2ccccc12. The highest BCUT2D eigenvalue weighted by molar-refractivity contribution is 5.83. The van der Waals surface area contributed by atoms with Gasteiger partial charge in [-0.05, 0) is 30.3 Å². The summed E-state index contributed by atoms with van der Waals surface area (Å²) in [4.78, 5) is 10.6. The van der Waals surface area contributed by atoms with Gasteiger partial charge in [0.25, 0.3) is 0 Å². The molecule has 4 aromatic rings. The molecule has 0 saturated carbocycles. The molecular formula is C21H21N3. The average Bonchev–Trinajstić information content (AvgIpc) is 3.04. The molecule has 4 rings (SSSR count). The number of benzene rings is 2. The number of rotatable bonds is 5. The molecule has 0 spiro atoms. The van der Waals surface area contributed by atoms with E-state index in [2.05, 4.69) is 77.6 Å². The van der Waals surface area contributed by atoms with E-state index in [4.69, 9.17) is 4.98 Å². The van der Waals surface area contributed by atoms with Gasteiger partial charge in [-0.3, -0.25) is 9.88 Å². The van der Waals surface area contributed by atoms with Gasteiger partial charge < -0.3 is 4.98 Å². The zero-order chi connectivity index (χ0) is 16.4. The molecule has 2 aromatic carbocycles. The molecule has 0 aliphatic carbocycles. The molecule has 3 heteroatoms. The van der Waals surface area contributed by atoms with Crippen LogP contribution in [0.25, 0.3) is 21.8 Å². The lowest BCUT2D eigenvalue weighted by molar-refractivity contribution is 0.269. The lowest BCUT2D eigenvalue weighted by Gasteiger charge is -2.20. The minimum atomic E-state index is 0.862. The van der Waals surface area contributed by atoms with Crippen molar-refractivity contribution < 1.29 is 0 Å². The minimum absolute atomic E-state index is 0.862. The van der Waals surface area contributed by atoms with Crippen LogP contribution in [0.2, 0.25) is 0 Å². The van der Waals surface area contributed by atoms with E-state index in [-0.39, 0.29) is 0 Å². The Hall–Kier alpha value is -2.65. The van der Waals surface area contributed by atoms with Crippen LogP contribution in [-0.2, 0) is 13.1 Å². The third kappa shape index (κ3) is 2.91. The summed E-state index contributed by atoms with van der Waals surface area (Å²) in [5.74, 6) is 0. The van der Waals surface area contributed by atoms with Crippen LogP contribution in [0.4, 0.5) is 0 Å². The van der Waals surface area contributed by atoms with E-state index < -0.39 is 0 Å². The molecular weight excluding hydrogens is 294 g/mol. The van der Waals surface area contributed by atoms with Crippen LogP contribution < -0.4 is 0 Å². The van der Waals surface area contributed by atoms with Crippen LogP contribution in [0, 0.1) is 0 Å². The summed E-state index contributed by atoms with van der Waals surface area (Å²) in [6.45, 7) is 4.99. The number of aromatic nitrogens is 2. The second-order valence-corrected chi connectivity index (χ2v) is 6.16. The maximum absolute atomic E-state index is 4.81. The number of hydrogen-bond donors (Lipinski definition) is 1. The van der Waals surface area contributed by atoms with Crippen molar-refractivity contribution in [2.45, 2.75) is 20.0 Å². The van der Waals surface area contributed by atoms with Gasteiger partial charge in [0.2, 0.25) is 0 Å². The number of H-pyrrole nitrogens is 1. The smallest absolute Gasteiger partial charge is 0.0705 e. The maximum Gasteiger partial charge on any atom is 0.0705 e. The fourth-order valence-corrected chi connectivity index (χ4v) is 3.21. The number of pyridine rings is 1. The van der Waals surface area contributed by atoms with Gasteiger partial charge in [-0.1, -0.05) is 49.4 Å². The molecule has 0 bridgehead atoms. The first-order valence-electron chi connectivity index (χ1n) is 8.45. The van der Waals surface area contributed by atoms with Crippen molar-refractivity contribution in [3.05, 3.63) is 78.1 Å². The minimum Gasteiger partial charge on any atom is -0.361 e. The van der Waals surface area contributed by atoms with Crippen LogP contribution in [0.1, 0.15) is 18.2 Å². The molecule has 0 fully saturated rings. The topological polar surface area (TPSA) is 31.9 Å². The second-order valence-electron chi connectivity index (χ2n) is 6.16. The molecule has 0 saturated heterocycles. The van der Waals surface area contributed by atoms with E-state index in [0.717, 1.165) is 30.8 Å². The predicted octanol–water partition coefficient (Wildman–Crippen LogP) is 4.74. The third-order valence-corrected chi connectivity index (χ3v) is 4.56. The van der Waals surface area contributed by atoms with Crippen molar-refractivity contribution in [2.75, 3.05) is 6.54 Å². The number of para-hydroxylation sites is 2. The Labute approximate surface area is 142 Å². The van der Waals surface area contributed by atoms with E-state index in [0.29, 0.717) is 0 Å². The highest BCUT2D eigenvalue weighted by atomic mass is 15.1. The Morgan fingerprint density at radius 2 is 1.75 bits per heavy atom. The number of nitrogens with zero attached hydrogens (tertiary/aromatic N) is 2. The zero-order valence-electron chi connectivity index (χ0n) is 13.9. The number of hydrogen-bond acceptors (Lipinski definition) is 2. The highest BCUT2D eigenvalue weighted by Crippen LogP contribution is 2.20. The Kier molecular flexibility index (Phi) is 4.01. The van der Waals surface area contributed by atoms with E-state index in [1.54, 1.807) is 0 Å². The quantitative estimate of drug-likeness (QED) is 0.577. The van der Waals surface area contributed by atoms with E-state index in [1.165, 1.54) is 21.9 Å². The largest absolute Gasteiger partial charge is 0.361 e. The molecule has 0 radical (unpaired) electrons. The van der Waals surface area contributed by atoms with Gasteiger partial charge in [-0.15, -0.1) is 0 Å². The molecule has 0 aliphatic heterocycles. The molecule has 0 atom stereocenters. The highest BCUT2D eigenvalue weighted by Gasteiger charge is 2.10. The van der Waals surface area contributed by atoms with Crippen molar-refractivity contribution in [1.29, 1.82) is 0 Å². The zero-order valence-corrected chi connectivity index (χ0v) is 13.9. The predicted molar refractivity (Wildman–Crippen MR) is 99.8 cm³/mol. The molecule has 1 N–H and O–H groups in total. The Morgan fingerprint density at radius 1 is 0.917 bits per heavy atom. The first kappa shape index (κ1) is 14.9. The molecule has 2 heterocycles. The van der Waals surface area contributed by atoms with Crippen LogP contribution in [0.3, 0.4) is 0 Å². The maximum atomic E-state index is 4.81. The third-order valence-electron chi connectivity index (χ3n) is 4.56.